The van der Waals surface area contributed by atoms with E-state index >= 15 is 0 Å². The number of primary amides is 1. The van der Waals surface area contributed by atoms with Gasteiger partial charge < -0.3 is 10.3 Å². The van der Waals surface area contributed by atoms with Crippen LogP contribution in [0.5, 0.6) is 0 Å². The molecule has 31 heavy (non-hydrogen) atoms. The van der Waals surface area contributed by atoms with Crippen molar-refractivity contribution in [3.8, 4) is 0 Å². The molecule has 1 unspecified atom stereocenters. The van der Waals surface area contributed by atoms with Crippen molar-refractivity contribution in [3.05, 3.63) is 18.2 Å². The molecule has 1 saturated heterocycles. The Bertz CT molecular complexity index is 1070. The molecular formula is C20H29N5O4S2. The van der Waals surface area contributed by atoms with Gasteiger partial charge in [-0.15, -0.1) is 0 Å². The molecule has 3 rings (SSSR count). The number of aryl methyl sites for hydroxylation is 1. The van der Waals surface area contributed by atoms with Crippen LogP contribution in [0, 0.1) is 5.92 Å². The number of hydrogen-bond acceptors (Lipinski definition) is 6. The molecule has 9 nitrogen and oxygen atoms in total. The fourth-order valence-electron chi connectivity index (χ4n) is 3.70. The first kappa shape index (κ1) is 23.6. The van der Waals surface area contributed by atoms with E-state index < -0.39 is 27.2 Å². The molecule has 1 atom stereocenters. The van der Waals surface area contributed by atoms with Gasteiger partial charge in [-0.3, -0.25) is 10.1 Å². The molecular weight excluding hydrogens is 438 g/mol. The number of nitrogens with one attached hydrogen (secondary N) is 1. The maximum absolute atomic E-state index is 13.0. The van der Waals surface area contributed by atoms with E-state index in [1.54, 1.807) is 18.2 Å². The Morgan fingerprint density at radius 3 is 2.48 bits per heavy atom. The second-order valence-electron chi connectivity index (χ2n) is 7.89. The zero-order valence-corrected chi connectivity index (χ0v) is 19.6. The third kappa shape index (κ3) is 5.04. The van der Waals surface area contributed by atoms with Gasteiger partial charge in [0.05, 0.1) is 21.2 Å². The molecule has 1 aromatic heterocycles. The molecule has 2 heterocycles. The van der Waals surface area contributed by atoms with E-state index in [0.717, 1.165) is 24.8 Å². The summed E-state index contributed by atoms with van der Waals surface area (Å²) in [4.78, 5) is 28.4. The highest BCUT2D eigenvalue weighted by Crippen LogP contribution is 2.32. The number of amides is 3. The number of imide groups is 1. The molecule has 1 aliphatic heterocycles. The van der Waals surface area contributed by atoms with Gasteiger partial charge in [0.15, 0.2) is 5.16 Å². The minimum absolute atomic E-state index is 0.0792. The highest BCUT2D eigenvalue weighted by molar-refractivity contribution is 8.00. The number of carbonyl (C=O) groups excluding carboxylic acids is 2. The topological polar surface area (TPSA) is 127 Å². The van der Waals surface area contributed by atoms with E-state index in [2.05, 4.69) is 10.3 Å². The molecule has 2 aromatic rings. The number of nitrogens with two attached hydrogens (primary N) is 1. The Hall–Kier alpha value is -2.11. The van der Waals surface area contributed by atoms with E-state index in [0.29, 0.717) is 30.3 Å². The van der Waals surface area contributed by atoms with Gasteiger partial charge in [-0.2, -0.15) is 4.31 Å². The van der Waals surface area contributed by atoms with Gasteiger partial charge in [-0.1, -0.05) is 32.0 Å². The first-order valence-electron chi connectivity index (χ1n) is 10.4. The molecule has 3 N–H and O–H groups in total. The smallest absolute Gasteiger partial charge is 0.318 e. The van der Waals surface area contributed by atoms with Crippen LogP contribution in [0.25, 0.3) is 11.0 Å². The van der Waals surface area contributed by atoms with Crippen molar-refractivity contribution in [2.45, 2.75) is 61.9 Å². The van der Waals surface area contributed by atoms with Crippen molar-refractivity contribution in [1.82, 2.24) is 19.2 Å². The van der Waals surface area contributed by atoms with Crippen LogP contribution < -0.4 is 11.1 Å². The Kier molecular flexibility index (Phi) is 7.28. The van der Waals surface area contributed by atoms with E-state index in [4.69, 9.17) is 5.73 Å². The predicted molar refractivity (Wildman–Crippen MR) is 120 cm³/mol. The molecule has 0 saturated carbocycles. The number of hydrogen-bond donors (Lipinski definition) is 2. The molecule has 0 aliphatic carbocycles. The van der Waals surface area contributed by atoms with E-state index in [1.807, 2.05) is 25.3 Å². The third-order valence-corrected chi connectivity index (χ3v) is 8.73. The number of fused-ring (bicyclic) bond motifs is 1. The highest BCUT2D eigenvalue weighted by atomic mass is 32.2. The number of thioether (sulfide) groups is 1. The summed E-state index contributed by atoms with van der Waals surface area (Å²) < 4.78 is 29.6. The zero-order chi connectivity index (χ0) is 22.8. The van der Waals surface area contributed by atoms with Crippen molar-refractivity contribution in [2.24, 2.45) is 11.7 Å². The first-order chi connectivity index (χ1) is 14.6. The Morgan fingerprint density at radius 2 is 1.90 bits per heavy atom. The number of sulfonamides is 1. The molecule has 0 spiro atoms. The number of benzene rings is 1. The fraction of sp³-hybridized carbons (Fsp3) is 0.550. The Balaban J connectivity index is 1.96. The summed E-state index contributed by atoms with van der Waals surface area (Å²) in [6.07, 6.45) is 2.79. The average Bonchev–Trinajstić information content (AvgIpc) is 3.08. The summed E-state index contributed by atoms with van der Waals surface area (Å²) in [5, 5.41) is 2.15. The lowest BCUT2D eigenvalue weighted by molar-refractivity contribution is -0.120. The normalized spacial score (nSPS) is 16.5. The Labute approximate surface area is 186 Å². The standard InChI is InChI=1S/C20H29N5O4S2/c1-4-25-16-9-8-14(31(28,29)24-10-6-5-7-11-24)12-15(16)22-20(25)30-17(13(2)3)18(26)23-19(21)27/h8-9,12-13,17H,4-7,10-11H2,1-3H3,(H3,21,23,26,27). The van der Waals surface area contributed by atoms with Gasteiger partial charge in [0.2, 0.25) is 15.9 Å². The van der Waals surface area contributed by atoms with Crippen molar-refractivity contribution in [1.29, 1.82) is 0 Å². The summed E-state index contributed by atoms with van der Waals surface area (Å²) >= 11 is 1.24. The van der Waals surface area contributed by atoms with Crippen LogP contribution in [-0.2, 0) is 21.4 Å². The summed E-state index contributed by atoms with van der Waals surface area (Å²) in [6, 6.07) is 4.09. The number of urea groups is 1. The van der Waals surface area contributed by atoms with Gasteiger partial charge in [-0.25, -0.2) is 18.2 Å². The number of rotatable bonds is 7. The number of imidazole rings is 1. The van der Waals surface area contributed by atoms with E-state index in [-0.39, 0.29) is 10.8 Å². The minimum Gasteiger partial charge on any atom is -0.351 e. The number of aromatic nitrogens is 2. The van der Waals surface area contributed by atoms with E-state index in [1.165, 1.54) is 16.1 Å². The Morgan fingerprint density at radius 1 is 1.23 bits per heavy atom. The van der Waals surface area contributed by atoms with Crippen molar-refractivity contribution in [3.63, 3.8) is 0 Å². The summed E-state index contributed by atoms with van der Waals surface area (Å²) in [7, 11) is -3.57. The number of nitrogens with zero attached hydrogens (tertiary/aromatic N) is 3. The fourth-order valence-corrected chi connectivity index (χ4v) is 6.40. The van der Waals surface area contributed by atoms with Crippen molar-refractivity contribution >= 4 is 44.8 Å². The van der Waals surface area contributed by atoms with Gasteiger partial charge in [0.25, 0.3) is 0 Å². The monoisotopic (exact) mass is 467 g/mol. The van der Waals surface area contributed by atoms with Crippen molar-refractivity contribution < 1.29 is 18.0 Å². The largest absolute Gasteiger partial charge is 0.351 e. The molecule has 3 amide bonds. The average molecular weight is 468 g/mol. The van der Waals surface area contributed by atoms with E-state index in [9.17, 15) is 18.0 Å². The van der Waals surface area contributed by atoms with Gasteiger partial charge >= 0.3 is 6.03 Å². The lowest BCUT2D eigenvalue weighted by Gasteiger charge is -2.25. The maximum Gasteiger partial charge on any atom is 0.318 e. The predicted octanol–water partition coefficient (Wildman–Crippen LogP) is 2.54. The lowest BCUT2D eigenvalue weighted by Crippen LogP contribution is -2.42. The van der Waals surface area contributed by atoms with Crippen LogP contribution >= 0.6 is 11.8 Å². The molecule has 1 fully saturated rings. The zero-order valence-electron chi connectivity index (χ0n) is 18.0. The lowest BCUT2D eigenvalue weighted by atomic mass is 10.1. The van der Waals surface area contributed by atoms with Gasteiger partial charge in [0.1, 0.15) is 0 Å². The van der Waals surface area contributed by atoms with Crippen LogP contribution in [0.3, 0.4) is 0 Å². The minimum atomic E-state index is -3.57. The summed E-state index contributed by atoms with van der Waals surface area (Å²) in [5.41, 5.74) is 6.45. The molecule has 0 bridgehead atoms. The maximum atomic E-state index is 13.0. The second kappa shape index (κ2) is 9.58. The second-order valence-corrected chi connectivity index (χ2v) is 10.9. The molecule has 0 radical (unpaired) electrons. The quantitative estimate of drug-likeness (QED) is 0.603. The van der Waals surface area contributed by atoms with Crippen LogP contribution in [0.15, 0.2) is 28.3 Å². The molecule has 170 valence electrons. The van der Waals surface area contributed by atoms with Crippen LogP contribution in [0.2, 0.25) is 0 Å². The third-order valence-electron chi connectivity index (χ3n) is 5.30. The van der Waals surface area contributed by atoms with Crippen LogP contribution in [0.1, 0.15) is 40.0 Å². The molecule has 1 aromatic carbocycles. The highest BCUT2D eigenvalue weighted by Gasteiger charge is 2.29. The van der Waals surface area contributed by atoms with Crippen molar-refractivity contribution in [2.75, 3.05) is 13.1 Å². The SMILES string of the molecule is CCn1c(SC(C(=O)NC(N)=O)C(C)C)nc2cc(S(=O)(=O)N3CCCCC3)ccc21. The first-order valence-corrected chi connectivity index (χ1v) is 12.7. The number of carbonyl (C=O) groups is 2. The van der Waals surface area contributed by atoms with Crippen LogP contribution in [-0.4, -0.2) is 52.6 Å². The summed E-state index contributed by atoms with van der Waals surface area (Å²) in [6.45, 7) is 7.38. The van der Waals surface area contributed by atoms with Gasteiger partial charge in [0, 0.05) is 19.6 Å². The van der Waals surface area contributed by atoms with Crippen LogP contribution in [0.4, 0.5) is 4.79 Å². The molecule has 11 heteroatoms. The summed E-state index contributed by atoms with van der Waals surface area (Å²) in [5.74, 6) is -0.555. The number of piperidine rings is 1. The molecule has 1 aliphatic rings. The van der Waals surface area contributed by atoms with Gasteiger partial charge in [-0.05, 0) is 43.9 Å².